The molecule has 0 bridgehead atoms. The average Bonchev–Trinajstić information content (AvgIpc) is 2.38. The van der Waals surface area contributed by atoms with Gasteiger partial charge in [0.1, 0.15) is 0 Å². The van der Waals surface area contributed by atoms with Crippen molar-refractivity contribution in [3.05, 3.63) is 67.6 Å². The molecular formula is C13H10BrClN2O2. The lowest BCUT2D eigenvalue weighted by Gasteiger charge is -2.08. The predicted octanol–water partition coefficient (Wildman–Crippen LogP) is 4.62. The number of hydrogen-bond acceptors (Lipinski definition) is 3. The predicted molar refractivity (Wildman–Crippen MR) is 79.6 cm³/mol. The van der Waals surface area contributed by atoms with E-state index in [1.165, 1.54) is 6.07 Å². The monoisotopic (exact) mass is 340 g/mol. The molecular weight excluding hydrogens is 332 g/mol. The number of halogens is 2. The largest absolute Gasteiger partial charge is 0.380 e. The third-order valence-electron chi connectivity index (χ3n) is 2.54. The molecule has 0 aliphatic heterocycles. The number of anilines is 1. The highest BCUT2D eigenvalue weighted by atomic mass is 79.9. The zero-order chi connectivity index (χ0) is 13.8. The van der Waals surface area contributed by atoms with Crippen molar-refractivity contribution in [3.8, 4) is 0 Å². The molecule has 6 heteroatoms. The van der Waals surface area contributed by atoms with E-state index in [1.807, 2.05) is 18.2 Å². The molecule has 0 fully saturated rings. The number of benzene rings is 2. The van der Waals surface area contributed by atoms with Crippen LogP contribution >= 0.6 is 27.5 Å². The lowest BCUT2D eigenvalue weighted by atomic mass is 10.2. The van der Waals surface area contributed by atoms with E-state index in [0.717, 1.165) is 15.7 Å². The normalized spacial score (nSPS) is 10.2. The molecule has 0 saturated heterocycles. The Morgan fingerprint density at radius 3 is 2.74 bits per heavy atom. The Kier molecular flexibility index (Phi) is 4.39. The minimum absolute atomic E-state index is 0.0844. The highest BCUT2D eigenvalue weighted by Gasteiger charge is 2.06. The topological polar surface area (TPSA) is 55.2 Å². The molecule has 2 rings (SSSR count). The van der Waals surface area contributed by atoms with Crippen molar-refractivity contribution in [1.82, 2.24) is 0 Å². The Balaban J connectivity index is 2.10. The van der Waals surface area contributed by atoms with E-state index in [4.69, 9.17) is 11.6 Å². The van der Waals surface area contributed by atoms with Crippen molar-refractivity contribution in [2.75, 3.05) is 5.32 Å². The van der Waals surface area contributed by atoms with Crippen molar-refractivity contribution >= 4 is 38.9 Å². The molecule has 0 aromatic heterocycles. The first kappa shape index (κ1) is 13.8. The van der Waals surface area contributed by atoms with Gasteiger partial charge >= 0.3 is 0 Å². The SMILES string of the molecule is O=[N+]([O-])c1cccc(CNc2ccc(Br)cc2Cl)c1. The van der Waals surface area contributed by atoms with E-state index in [1.54, 1.807) is 18.2 Å². The third-order valence-corrected chi connectivity index (χ3v) is 3.34. The zero-order valence-corrected chi connectivity index (χ0v) is 12.1. The Bertz CT molecular complexity index is 619. The van der Waals surface area contributed by atoms with E-state index in [2.05, 4.69) is 21.2 Å². The van der Waals surface area contributed by atoms with Gasteiger partial charge in [-0.15, -0.1) is 0 Å². The number of rotatable bonds is 4. The summed E-state index contributed by atoms with van der Waals surface area (Å²) >= 11 is 9.41. The number of non-ortho nitro benzene ring substituents is 1. The lowest BCUT2D eigenvalue weighted by Crippen LogP contribution is -2.00. The second kappa shape index (κ2) is 6.04. The van der Waals surface area contributed by atoms with Gasteiger partial charge in [0.15, 0.2) is 0 Å². The Morgan fingerprint density at radius 2 is 2.05 bits per heavy atom. The van der Waals surface area contributed by atoms with E-state index in [-0.39, 0.29) is 5.69 Å². The maximum Gasteiger partial charge on any atom is 0.269 e. The van der Waals surface area contributed by atoms with Gasteiger partial charge in [0, 0.05) is 23.2 Å². The highest BCUT2D eigenvalue weighted by molar-refractivity contribution is 9.10. The number of nitrogens with one attached hydrogen (secondary N) is 1. The van der Waals surface area contributed by atoms with Crippen LogP contribution in [0.2, 0.25) is 5.02 Å². The molecule has 0 aliphatic carbocycles. The van der Waals surface area contributed by atoms with Gasteiger partial charge in [0.25, 0.3) is 5.69 Å². The summed E-state index contributed by atoms with van der Waals surface area (Å²) in [7, 11) is 0. The lowest BCUT2D eigenvalue weighted by molar-refractivity contribution is -0.384. The summed E-state index contributed by atoms with van der Waals surface area (Å²) in [6.07, 6.45) is 0. The zero-order valence-electron chi connectivity index (χ0n) is 9.77. The van der Waals surface area contributed by atoms with Crippen molar-refractivity contribution in [2.24, 2.45) is 0 Å². The van der Waals surface area contributed by atoms with Crippen molar-refractivity contribution in [3.63, 3.8) is 0 Å². The molecule has 0 amide bonds. The summed E-state index contributed by atoms with van der Waals surface area (Å²) in [5.41, 5.74) is 1.70. The maximum atomic E-state index is 10.7. The molecule has 0 aliphatic rings. The molecule has 4 nitrogen and oxygen atoms in total. The molecule has 2 aromatic rings. The summed E-state index contributed by atoms with van der Waals surface area (Å²) < 4.78 is 0.901. The molecule has 2 aromatic carbocycles. The van der Waals surface area contributed by atoms with Crippen LogP contribution in [0.15, 0.2) is 46.9 Å². The van der Waals surface area contributed by atoms with Gasteiger partial charge in [-0.3, -0.25) is 10.1 Å². The molecule has 0 unspecified atom stereocenters. The fraction of sp³-hybridized carbons (Fsp3) is 0.0769. The Hall–Kier alpha value is -1.59. The first-order chi connectivity index (χ1) is 9.06. The molecule has 0 heterocycles. The summed E-state index contributed by atoms with van der Waals surface area (Å²) in [6.45, 7) is 0.475. The highest BCUT2D eigenvalue weighted by Crippen LogP contribution is 2.26. The standard InChI is InChI=1S/C13H10BrClN2O2/c14-10-4-5-13(12(15)7-10)16-8-9-2-1-3-11(6-9)17(18)19/h1-7,16H,8H2. The molecule has 1 N–H and O–H groups in total. The molecule has 19 heavy (non-hydrogen) atoms. The minimum atomic E-state index is -0.407. The maximum absolute atomic E-state index is 10.7. The van der Waals surface area contributed by atoms with Crippen LogP contribution in [-0.2, 0) is 6.54 Å². The smallest absolute Gasteiger partial charge is 0.269 e. The fourth-order valence-electron chi connectivity index (χ4n) is 1.61. The summed E-state index contributed by atoms with van der Waals surface area (Å²) in [6, 6.07) is 12.0. The van der Waals surface area contributed by atoms with Crippen molar-refractivity contribution in [1.29, 1.82) is 0 Å². The van der Waals surface area contributed by atoms with E-state index in [0.29, 0.717) is 11.6 Å². The fourth-order valence-corrected chi connectivity index (χ4v) is 2.35. The summed E-state index contributed by atoms with van der Waals surface area (Å²) in [5, 5.41) is 14.4. The number of nitrogens with zero attached hydrogens (tertiary/aromatic N) is 1. The van der Waals surface area contributed by atoms with Gasteiger partial charge < -0.3 is 5.32 Å². The summed E-state index contributed by atoms with van der Waals surface area (Å²) in [4.78, 5) is 10.3. The minimum Gasteiger partial charge on any atom is -0.380 e. The van der Waals surface area contributed by atoms with Gasteiger partial charge in [-0.1, -0.05) is 39.7 Å². The second-order valence-electron chi connectivity index (χ2n) is 3.90. The second-order valence-corrected chi connectivity index (χ2v) is 5.23. The molecule has 0 atom stereocenters. The average molecular weight is 342 g/mol. The first-order valence-corrected chi connectivity index (χ1v) is 6.65. The van der Waals surface area contributed by atoms with Crippen molar-refractivity contribution in [2.45, 2.75) is 6.54 Å². The quantitative estimate of drug-likeness (QED) is 0.652. The number of nitro groups is 1. The van der Waals surface area contributed by atoms with Crippen LogP contribution < -0.4 is 5.32 Å². The van der Waals surface area contributed by atoms with Crippen LogP contribution in [0, 0.1) is 10.1 Å². The van der Waals surface area contributed by atoms with Gasteiger partial charge in [-0.05, 0) is 23.8 Å². The molecule has 0 spiro atoms. The van der Waals surface area contributed by atoms with Crippen LogP contribution in [0.25, 0.3) is 0 Å². The molecule has 98 valence electrons. The first-order valence-electron chi connectivity index (χ1n) is 5.48. The van der Waals surface area contributed by atoms with E-state index in [9.17, 15) is 10.1 Å². The van der Waals surface area contributed by atoms with Crippen LogP contribution in [0.5, 0.6) is 0 Å². The van der Waals surface area contributed by atoms with E-state index >= 15 is 0 Å². The molecule has 0 saturated carbocycles. The van der Waals surface area contributed by atoms with Crippen LogP contribution in [0.4, 0.5) is 11.4 Å². The van der Waals surface area contributed by atoms with Crippen LogP contribution in [0.3, 0.4) is 0 Å². The summed E-state index contributed by atoms with van der Waals surface area (Å²) in [5.74, 6) is 0. The van der Waals surface area contributed by atoms with Gasteiger partial charge in [0.05, 0.1) is 15.6 Å². The Labute approximate surface area is 123 Å². The number of hydrogen-bond donors (Lipinski definition) is 1. The van der Waals surface area contributed by atoms with Gasteiger partial charge in [-0.25, -0.2) is 0 Å². The van der Waals surface area contributed by atoms with Gasteiger partial charge in [0.2, 0.25) is 0 Å². The number of nitro benzene ring substituents is 1. The van der Waals surface area contributed by atoms with Crippen LogP contribution in [-0.4, -0.2) is 4.92 Å². The molecule has 0 radical (unpaired) electrons. The third kappa shape index (κ3) is 3.68. The van der Waals surface area contributed by atoms with E-state index < -0.39 is 4.92 Å². The van der Waals surface area contributed by atoms with Crippen molar-refractivity contribution < 1.29 is 4.92 Å². The van der Waals surface area contributed by atoms with Crippen LogP contribution in [0.1, 0.15) is 5.56 Å². The van der Waals surface area contributed by atoms with Gasteiger partial charge in [-0.2, -0.15) is 0 Å². The Morgan fingerprint density at radius 1 is 1.26 bits per heavy atom.